The lowest BCUT2D eigenvalue weighted by Gasteiger charge is -2.31. The van der Waals surface area contributed by atoms with Crippen molar-refractivity contribution in [3.8, 4) is 0 Å². The van der Waals surface area contributed by atoms with Gasteiger partial charge in [-0.2, -0.15) is 0 Å². The molecule has 1 atom stereocenters. The fraction of sp³-hybridized carbons (Fsp3) is 0.125. The summed E-state index contributed by atoms with van der Waals surface area (Å²) in [7, 11) is 0. The number of amides is 2. The van der Waals surface area contributed by atoms with Crippen LogP contribution in [0.1, 0.15) is 33.2 Å². The number of hydrogen-bond donors (Lipinski definition) is 1. The molecule has 0 spiro atoms. The summed E-state index contributed by atoms with van der Waals surface area (Å²) in [5.41, 5.74) is 2.69. The lowest BCUT2D eigenvalue weighted by Crippen LogP contribution is -2.43. The summed E-state index contributed by atoms with van der Waals surface area (Å²) in [4.78, 5) is 32.6. The van der Waals surface area contributed by atoms with Crippen LogP contribution in [-0.2, 0) is 17.9 Å². The molecule has 0 bridgehead atoms. The average Bonchev–Trinajstić information content (AvgIpc) is 3.39. The maximum atomic E-state index is 13.5. The molecule has 0 saturated carbocycles. The fourth-order valence-electron chi connectivity index (χ4n) is 3.36. The second kappa shape index (κ2) is 10.4. The molecule has 0 fully saturated rings. The predicted octanol–water partition coefficient (Wildman–Crippen LogP) is 3.63. The van der Waals surface area contributed by atoms with Crippen LogP contribution in [0.2, 0.25) is 0 Å². The monoisotopic (exact) mass is 443 g/mol. The third-order valence-corrected chi connectivity index (χ3v) is 5.41. The molecule has 1 N–H and O–H groups in total. The van der Waals surface area contributed by atoms with E-state index in [0.29, 0.717) is 12.1 Å². The van der Waals surface area contributed by atoms with Gasteiger partial charge in [0.1, 0.15) is 6.04 Å². The standard InChI is InChI=1S/C24H21N5O2S/c30-23(26-15-18-8-3-1-4-9-18)22(20-11-5-2-6-12-20)29(16-19-10-7-13-25-14-19)24(31)21-17-32-28-27-21/h1-14,17,22H,15-16H2,(H,26,30)/t22-/m1/s1. The highest BCUT2D eigenvalue weighted by atomic mass is 32.1. The van der Waals surface area contributed by atoms with Crippen LogP contribution in [-0.4, -0.2) is 31.3 Å². The third-order valence-electron chi connectivity index (χ3n) is 4.90. The molecular formula is C24H21N5O2S. The molecule has 2 aromatic carbocycles. The van der Waals surface area contributed by atoms with Crippen molar-refractivity contribution in [3.63, 3.8) is 0 Å². The molecule has 4 aromatic rings. The van der Waals surface area contributed by atoms with Crippen LogP contribution in [0.3, 0.4) is 0 Å². The van der Waals surface area contributed by atoms with E-state index in [4.69, 9.17) is 0 Å². The minimum Gasteiger partial charge on any atom is -0.350 e. The molecule has 0 radical (unpaired) electrons. The van der Waals surface area contributed by atoms with Crippen LogP contribution >= 0.6 is 11.5 Å². The first kappa shape index (κ1) is 21.3. The molecule has 4 rings (SSSR count). The van der Waals surface area contributed by atoms with Crippen molar-refractivity contribution in [1.82, 2.24) is 24.8 Å². The second-order valence-corrected chi connectivity index (χ2v) is 7.71. The number of nitrogens with one attached hydrogen (secondary N) is 1. The van der Waals surface area contributed by atoms with Crippen molar-refractivity contribution in [2.24, 2.45) is 0 Å². The van der Waals surface area contributed by atoms with Gasteiger partial charge in [0.25, 0.3) is 5.91 Å². The van der Waals surface area contributed by atoms with E-state index in [0.717, 1.165) is 22.7 Å². The van der Waals surface area contributed by atoms with Gasteiger partial charge in [-0.05, 0) is 34.3 Å². The number of benzene rings is 2. The van der Waals surface area contributed by atoms with Gasteiger partial charge in [-0.3, -0.25) is 14.6 Å². The summed E-state index contributed by atoms with van der Waals surface area (Å²) in [6.07, 6.45) is 3.35. The van der Waals surface area contributed by atoms with Crippen molar-refractivity contribution in [2.75, 3.05) is 0 Å². The SMILES string of the molecule is O=C(NCc1ccccc1)[C@@H](c1ccccc1)N(Cc1cccnc1)C(=O)c1csnn1. The number of carbonyl (C=O) groups excluding carboxylic acids is 2. The number of pyridine rings is 1. The van der Waals surface area contributed by atoms with Gasteiger partial charge < -0.3 is 10.2 Å². The molecule has 0 saturated heterocycles. The molecule has 2 amide bonds. The molecule has 7 nitrogen and oxygen atoms in total. The Hall–Kier alpha value is -3.91. The molecule has 0 aliphatic heterocycles. The molecule has 0 aliphatic rings. The summed E-state index contributed by atoms with van der Waals surface area (Å²) >= 11 is 1.09. The van der Waals surface area contributed by atoms with Crippen LogP contribution in [0.25, 0.3) is 0 Å². The van der Waals surface area contributed by atoms with Crippen LogP contribution in [0.4, 0.5) is 0 Å². The predicted molar refractivity (Wildman–Crippen MR) is 121 cm³/mol. The van der Waals surface area contributed by atoms with E-state index in [1.54, 1.807) is 23.8 Å². The summed E-state index contributed by atoms with van der Waals surface area (Å²) < 4.78 is 3.82. The van der Waals surface area contributed by atoms with Crippen LogP contribution in [0.5, 0.6) is 0 Å². The molecule has 160 valence electrons. The number of hydrogen-bond acceptors (Lipinski definition) is 6. The summed E-state index contributed by atoms with van der Waals surface area (Å²) in [5.74, 6) is -0.646. The number of nitrogens with zero attached hydrogens (tertiary/aromatic N) is 4. The first-order valence-corrected chi connectivity index (χ1v) is 10.9. The Kier molecular flexibility index (Phi) is 6.94. The van der Waals surface area contributed by atoms with E-state index in [1.807, 2.05) is 66.7 Å². The lowest BCUT2D eigenvalue weighted by atomic mass is 10.0. The maximum Gasteiger partial charge on any atom is 0.276 e. The highest BCUT2D eigenvalue weighted by molar-refractivity contribution is 7.03. The van der Waals surface area contributed by atoms with E-state index in [2.05, 4.69) is 19.9 Å². The van der Waals surface area contributed by atoms with E-state index in [-0.39, 0.29) is 24.1 Å². The molecular weight excluding hydrogens is 422 g/mol. The summed E-state index contributed by atoms with van der Waals surface area (Å²) in [5, 5.41) is 8.51. The van der Waals surface area contributed by atoms with E-state index < -0.39 is 6.04 Å². The van der Waals surface area contributed by atoms with Crippen molar-refractivity contribution in [2.45, 2.75) is 19.1 Å². The zero-order chi connectivity index (χ0) is 22.2. The molecule has 2 heterocycles. The Labute approximate surface area is 189 Å². The Morgan fingerprint density at radius 2 is 1.66 bits per heavy atom. The van der Waals surface area contributed by atoms with E-state index in [9.17, 15) is 9.59 Å². The smallest absolute Gasteiger partial charge is 0.276 e. The Morgan fingerprint density at radius 1 is 0.938 bits per heavy atom. The normalized spacial score (nSPS) is 11.5. The van der Waals surface area contributed by atoms with Crippen molar-refractivity contribution in [3.05, 3.63) is 113 Å². The lowest BCUT2D eigenvalue weighted by molar-refractivity contribution is -0.126. The molecule has 0 unspecified atom stereocenters. The number of carbonyl (C=O) groups is 2. The number of aromatic nitrogens is 3. The van der Waals surface area contributed by atoms with Crippen molar-refractivity contribution >= 4 is 23.3 Å². The quantitative estimate of drug-likeness (QED) is 0.449. The average molecular weight is 444 g/mol. The van der Waals surface area contributed by atoms with Gasteiger partial charge >= 0.3 is 0 Å². The van der Waals surface area contributed by atoms with Gasteiger partial charge in [0.15, 0.2) is 5.69 Å². The Bertz CT molecular complexity index is 1140. The molecule has 0 aliphatic carbocycles. The highest BCUT2D eigenvalue weighted by Gasteiger charge is 2.33. The minimum atomic E-state index is -0.852. The first-order chi connectivity index (χ1) is 15.7. The van der Waals surface area contributed by atoms with Crippen LogP contribution in [0.15, 0.2) is 90.6 Å². The molecule has 2 aromatic heterocycles. The maximum absolute atomic E-state index is 13.5. The first-order valence-electron chi connectivity index (χ1n) is 10.1. The highest BCUT2D eigenvalue weighted by Crippen LogP contribution is 2.25. The second-order valence-electron chi connectivity index (χ2n) is 7.10. The van der Waals surface area contributed by atoms with Gasteiger partial charge in [-0.15, -0.1) is 5.10 Å². The zero-order valence-corrected chi connectivity index (χ0v) is 18.0. The Morgan fingerprint density at radius 3 is 2.31 bits per heavy atom. The largest absolute Gasteiger partial charge is 0.350 e. The summed E-state index contributed by atoms with van der Waals surface area (Å²) in [6.45, 7) is 0.554. The fourth-order valence-corrected chi connectivity index (χ4v) is 3.79. The van der Waals surface area contributed by atoms with Gasteiger partial charge in [-0.25, -0.2) is 0 Å². The third kappa shape index (κ3) is 5.22. The summed E-state index contributed by atoms with van der Waals surface area (Å²) in [6, 6.07) is 21.7. The van der Waals surface area contributed by atoms with Gasteiger partial charge in [-0.1, -0.05) is 71.2 Å². The van der Waals surface area contributed by atoms with E-state index >= 15 is 0 Å². The molecule has 32 heavy (non-hydrogen) atoms. The van der Waals surface area contributed by atoms with Gasteiger partial charge in [0.05, 0.1) is 0 Å². The van der Waals surface area contributed by atoms with E-state index in [1.165, 1.54) is 4.90 Å². The minimum absolute atomic E-state index is 0.197. The Balaban J connectivity index is 1.68. The topological polar surface area (TPSA) is 88.1 Å². The van der Waals surface area contributed by atoms with Crippen LogP contribution < -0.4 is 5.32 Å². The van der Waals surface area contributed by atoms with Crippen molar-refractivity contribution in [1.29, 1.82) is 0 Å². The van der Waals surface area contributed by atoms with Gasteiger partial charge in [0.2, 0.25) is 5.91 Å². The van der Waals surface area contributed by atoms with Crippen molar-refractivity contribution < 1.29 is 9.59 Å². The number of rotatable bonds is 8. The van der Waals surface area contributed by atoms with Gasteiger partial charge in [0, 0.05) is 30.9 Å². The zero-order valence-electron chi connectivity index (χ0n) is 17.2. The molecule has 8 heteroatoms. The van der Waals surface area contributed by atoms with Crippen LogP contribution in [0, 0.1) is 0 Å².